The van der Waals surface area contributed by atoms with Gasteiger partial charge >= 0.3 is 0 Å². The van der Waals surface area contributed by atoms with Crippen LogP contribution >= 0.6 is 11.6 Å². The number of halogens is 2. The van der Waals surface area contributed by atoms with Gasteiger partial charge in [0.25, 0.3) is 0 Å². The van der Waals surface area contributed by atoms with Gasteiger partial charge in [0.15, 0.2) is 0 Å². The van der Waals surface area contributed by atoms with E-state index in [-0.39, 0.29) is 5.82 Å². The van der Waals surface area contributed by atoms with Crippen LogP contribution in [0.2, 0.25) is 5.02 Å². The van der Waals surface area contributed by atoms with Crippen molar-refractivity contribution in [3.8, 4) is 16.9 Å². The summed E-state index contributed by atoms with van der Waals surface area (Å²) in [5.74, 6) is 0.287. The average Bonchev–Trinajstić information content (AvgIpc) is 2.29. The molecule has 1 aromatic heterocycles. The SMILES string of the molecule is Fc1cncc2c1-c1ccc(Cl)cc1OC2. The molecule has 1 aromatic carbocycles. The fraction of sp³-hybridized carbons (Fsp3) is 0.0833. The number of pyridine rings is 1. The lowest BCUT2D eigenvalue weighted by molar-refractivity contribution is 0.300. The van der Waals surface area contributed by atoms with E-state index < -0.39 is 0 Å². The van der Waals surface area contributed by atoms with E-state index in [2.05, 4.69) is 4.98 Å². The molecule has 2 nitrogen and oxygen atoms in total. The van der Waals surface area contributed by atoms with Crippen LogP contribution in [0, 0.1) is 5.82 Å². The van der Waals surface area contributed by atoms with E-state index in [1.165, 1.54) is 6.20 Å². The first-order valence-electron chi connectivity index (χ1n) is 4.81. The third-order valence-corrected chi connectivity index (χ3v) is 2.81. The van der Waals surface area contributed by atoms with Crippen molar-refractivity contribution in [1.29, 1.82) is 0 Å². The van der Waals surface area contributed by atoms with Gasteiger partial charge in [0, 0.05) is 27.9 Å². The van der Waals surface area contributed by atoms with Crippen molar-refractivity contribution < 1.29 is 9.13 Å². The molecule has 0 fully saturated rings. The second-order valence-corrected chi connectivity index (χ2v) is 4.02. The van der Waals surface area contributed by atoms with E-state index in [9.17, 15) is 4.39 Å². The Morgan fingerprint density at radius 3 is 3.06 bits per heavy atom. The summed E-state index contributed by atoms with van der Waals surface area (Å²) in [6, 6.07) is 5.18. The molecule has 16 heavy (non-hydrogen) atoms. The molecule has 0 spiro atoms. The Labute approximate surface area is 96.6 Å². The Bertz CT molecular complexity index is 571. The summed E-state index contributed by atoms with van der Waals surface area (Å²) in [6.45, 7) is 0.327. The van der Waals surface area contributed by atoms with Crippen LogP contribution in [0.3, 0.4) is 0 Å². The summed E-state index contributed by atoms with van der Waals surface area (Å²) in [7, 11) is 0. The maximum Gasteiger partial charge on any atom is 0.149 e. The molecular weight excluding hydrogens is 229 g/mol. The quantitative estimate of drug-likeness (QED) is 0.698. The number of hydrogen-bond donors (Lipinski definition) is 0. The third kappa shape index (κ3) is 1.36. The summed E-state index contributed by atoms with van der Waals surface area (Å²) in [5.41, 5.74) is 2.05. The average molecular weight is 236 g/mol. The number of rotatable bonds is 0. The lowest BCUT2D eigenvalue weighted by Gasteiger charge is -2.20. The second-order valence-electron chi connectivity index (χ2n) is 3.58. The number of fused-ring (bicyclic) bond motifs is 3. The number of aromatic nitrogens is 1. The van der Waals surface area contributed by atoms with Crippen molar-refractivity contribution in [2.75, 3.05) is 0 Å². The highest BCUT2D eigenvalue weighted by Crippen LogP contribution is 2.39. The molecule has 0 amide bonds. The maximum atomic E-state index is 13.7. The van der Waals surface area contributed by atoms with E-state index in [1.807, 2.05) is 0 Å². The smallest absolute Gasteiger partial charge is 0.149 e. The van der Waals surface area contributed by atoms with Crippen molar-refractivity contribution in [3.05, 3.63) is 47.0 Å². The maximum absolute atomic E-state index is 13.7. The fourth-order valence-electron chi connectivity index (χ4n) is 1.86. The normalized spacial score (nSPS) is 12.6. The molecule has 0 aliphatic carbocycles. The van der Waals surface area contributed by atoms with Gasteiger partial charge in [-0.25, -0.2) is 4.39 Å². The monoisotopic (exact) mass is 235 g/mol. The molecule has 2 aromatic rings. The van der Waals surface area contributed by atoms with E-state index in [4.69, 9.17) is 16.3 Å². The van der Waals surface area contributed by atoms with Gasteiger partial charge in [-0.15, -0.1) is 0 Å². The van der Waals surface area contributed by atoms with Gasteiger partial charge in [-0.05, 0) is 18.2 Å². The van der Waals surface area contributed by atoms with E-state index in [0.717, 1.165) is 11.1 Å². The van der Waals surface area contributed by atoms with Gasteiger partial charge in [0.1, 0.15) is 18.2 Å². The molecule has 1 aliphatic heterocycles. The highest BCUT2D eigenvalue weighted by atomic mass is 35.5. The highest BCUT2D eigenvalue weighted by molar-refractivity contribution is 6.30. The Balaban J connectivity index is 2.30. The van der Waals surface area contributed by atoms with Crippen LogP contribution in [-0.4, -0.2) is 4.98 Å². The lowest BCUT2D eigenvalue weighted by Crippen LogP contribution is -2.07. The Morgan fingerprint density at radius 1 is 1.31 bits per heavy atom. The third-order valence-electron chi connectivity index (χ3n) is 2.57. The van der Waals surface area contributed by atoms with E-state index in [1.54, 1.807) is 24.4 Å². The molecule has 0 bridgehead atoms. The van der Waals surface area contributed by atoms with Crippen molar-refractivity contribution >= 4 is 11.6 Å². The van der Waals surface area contributed by atoms with Crippen LogP contribution in [0.15, 0.2) is 30.6 Å². The minimum atomic E-state index is -0.329. The predicted octanol–water partition coefficient (Wildman–Crippen LogP) is 3.43. The lowest BCUT2D eigenvalue weighted by atomic mass is 9.98. The van der Waals surface area contributed by atoms with Crippen molar-refractivity contribution in [1.82, 2.24) is 4.98 Å². The topological polar surface area (TPSA) is 22.1 Å². The van der Waals surface area contributed by atoms with Crippen LogP contribution < -0.4 is 4.74 Å². The molecule has 80 valence electrons. The number of nitrogens with zero attached hydrogens (tertiary/aromatic N) is 1. The van der Waals surface area contributed by atoms with Gasteiger partial charge < -0.3 is 4.74 Å². The molecule has 0 unspecified atom stereocenters. The Hall–Kier alpha value is -1.61. The Kier molecular flexibility index (Phi) is 2.07. The first-order valence-corrected chi connectivity index (χ1v) is 5.18. The molecular formula is C12H7ClFNO. The van der Waals surface area contributed by atoms with Gasteiger partial charge in [-0.3, -0.25) is 4.98 Å². The molecule has 0 atom stereocenters. The summed E-state index contributed by atoms with van der Waals surface area (Å²) in [5, 5.41) is 0.580. The second kappa shape index (κ2) is 3.46. The zero-order valence-electron chi connectivity index (χ0n) is 8.21. The minimum Gasteiger partial charge on any atom is -0.488 e. The van der Waals surface area contributed by atoms with Crippen LogP contribution in [0.1, 0.15) is 5.56 Å². The summed E-state index contributed by atoms with van der Waals surface area (Å²) >= 11 is 5.86. The van der Waals surface area contributed by atoms with Gasteiger partial charge in [-0.1, -0.05) is 11.6 Å². The van der Waals surface area contributed by atoms with Crippen LogP contribution in [-0.2, 0) is 6.61 Å². The van der Waals surface area contributed by atoms with Crippen LogP contribution in [0.25, 0.3) is 11.1 Å². The number of ether oxygens (including phenoxy) is 1. The molecule has 0 radical (unpaired) electrons. The minimum absolute atomic E-state index is 0.327. The van der Waals surface area contributed by atoms with Gasteiger partial charge in [0.05, 0.1) is 6.20 Å². The van der Waals surface area contributed by atoms with Crippen LogP contribution in [0.5, 0.6) is 5.75 Å². The van der Waals surface area contributed by atoms with Gasteiger partial charge in [0.2, 0.25) is 0 Å². The summed E-state index contributed by atoms with van der Waals surface area (Å²) in [4.78, 5) is 3.81. The summed E-state index contributed by atoms with van der Waals surface area (Å²) < 4.78 is 19.2. The molecule has 2 heterocycles. The molecule has 3 rings (SSSR count). The molecule has 4 heteroatoms. The fourth-order valence-corrected chi connectivity index (χ4v) is 2.03. The van der Waals surface area contributed by atoms with Crippen molar-refractivity contribution in [2.24, 2.45) is 0 Å². The Morgan fingerprint density at radius 2 is 2.19 bits per heavy atom. The predicted molar refractivity (Wildman–Crippen MR) is 59.0 cm³/mol. The highest BCUT2D eigenvalue weighted by Gasteiger charge is 2.20. The first-order chi connectivity index (χ1) is 7.75. The van der Waals surface area contributed by atoms with Crippen LogP contribution in [0.4, 0.5) is 4.39 Å². The summed E-state index contributed by atoms with van der Waals surface area (Å²) in [6.07, 6.45) is 2.83. The zero-order chi connectivity index (χ0) is 11.1. The van der Waals surface area contributed by atoms with E-state index in [0.29, 0.717) is 22.9 Å². The zero-order valence-corrected chi connectivity index (χ0v) is 8.96. The number of hydrogen-bond acceptors (Lipinski definition) is 2. The molecule has 0 saturated heterocycles. The van der Waals surface area contributed by atoms with Crippen molar-refractivity contribution in [3.63, 3.8) is 0 Å². The molecule has 0 saturated carbocycles. The van der Waals surface area contributed by atoms with E-state index >= 15 is 0 Å². The van der Waals surface area contributed by atoms with Crippen molar-refractivity contribution in [2.45, 2.75) is 6.61 Å². The molecule has 1 aliphatic rings. The van der Waals surface area contributed by atoms with Gasteiger partial charge in [-0.2, -0.15) is 0 Å². The molecule has 0 N–H and O–H groups in total. The number of benzene rings is 1. The first kappa shape index (κ1) is 9.60. The largest absolute Gasteiger partial charge is 0.488 e. The standard InChI is InChI=1S/C12H7ClFNO/c13-8-1-2-9-11(3-8)16-6-7-4-15-5-10(14)12(7)9/h1-5H,6H2.